The summed E-state index contributed by atoms with van der Waals surface area (Å²) in [6.07, 6.45) is 2.90. The summed E-state index contributed by atoms with van der Waals surface area (Å²) in [6.45, 7) is 0.999. The minimum Gasteiger partial charge on any atom is -0.497 e. The third kappa shape index (κ3) is 2.33. The summed E-state index contributed by atoms with van der Waals surface area (Å²) in [4.78, 5) is 13.3. The number of hydrogen-bond donors (Lipinski definition) is 0. The third-order valence-electron chi connectivity index (χ3n) is 3.13. The maximum atomic E-state index is 11.1. The molecule has 1 aliphatic rings. The number of methoxy groups -OCH3 is 1. The molecule has 0 atom stereocenters. The molecule has 1 aliphatic heterocycles. The Morgan fingerprint density at radius 2 is 2.00 bits per heavy atom. The van der Waals surface area contributed by atoms with E-state index in [4.69, 9.17) is 4.74 Å². The van der Waals surface area contributed by atoms with E-state index in [1.165, 1.54) is 0 Å². The van der Waals surface area contributed by atoms with E-state index in [2.05, 4.69) is 4.90 Å². The van der Waals surface area contributed by atoms with Crippen LogP contribution >= 0.6 is 0 Å². The van der Waals surface area contributed by atoms with Gasteiger partial charge < -0.3 is 9.64 Å². The Balaban J connectivity index is 2.41. The second-order valence-corrected chi connectivity index (χ2v) is 4.25. The van der Waals surface area contributed by atoms with E-state index in [-0.39, 0.29) is 0 Å². The quantitative estimate of drug-likeness (QED) is 0.748. The standard InChI is InChI=1S/C14H17NO2/c1-15-9-3-4-12(10-16)14(15)11-5-7-13(17-2)8-6-11/h5-8,10H,3-4,9H2,1-2H3. The summed E-state index contributed by atoms with van der Waals surface area (Å²) < 4.78 is 5.14. The van der Waals surface area contributed by atoms with Gasteiger partial charge in [0.15, 0.2) is 0 Å². The highest BCUT2D eigenvalue weighted by molar-refractivity contribution is 5.88. The molecule has 0 amide bonds. The Bertz CT molecular complexity index is 434. The van der Waals surface area contributed by atoms with Gasteiger partial charge in [-0.05, 0) is 42.7 Å². The van der Waals surface area contributed by atoms with Gasteiger partial charge in [0.25, 0.3) is 0 Å². The van der Waals surface area contributed by atoms with Crippen molar-refractivity contribution in [2.24, 2.45) is 0 Å². The Morgan fingerprint density at radius 3 is 2.59 bits per heavy atom. The number of nitrogens with zero attached hydrogens (tertiary/aromatic N) is 1. The molecule has 1 aromatic rings. The fourth-order valence-electron chi connectivity index (χ4n) is 2.25. The van der Waals surface area contributed by atoms with E-state index in [1.54, 1.807) is 7.11 Å². The predicted octanol–water partition coefficient (Wildman–Crippen LogP) is 2.33. The van der Waals surface area contributed by atoms with E-state index in [0.717, 1.165) is 48.3 Å². The maximum absolute atomic E-state index is 11.1. The molecular formula is C14H17NO2. The lowest BCUT2D eigenvalue weighted by Crippen LogP contribution is -2.24. The molecule has 0 saturated carbocycles. The summed E-state index contributed by atoms with van der Waals surface area (Å²) in [5.41, 5.74) is 3.02. The number of aldehydes is 1. The number of carbonyl (C=O) groups is 1. The lowest BCUT2D eigenvalue weighted by molar-refractivity contribution is -0.105. The largest absolute Gasteiger partial charge is 0.497 e. The van der Waals surface area contributed by atoms with Gasteiger partial charge in [0.05, 0.1) is 12.8 Å². The fraction of sp³-hybridized carbons (Fsp3) is 0.357. The van der Waals surface area contributed by atoms with Crippen LogP contribution in [-0.2, 0) is 4.79 Å². The number of carbonyl (C=O) groups excluding carboxylic acids is 1. The zero-order valence-electron chi connectivity index (χ0n) is 10.3. The molecule has 0 radical (unpaired) electrons. The fourth-order valence-corrected chi connectivity index (χ4v) is 2.25. The normalized spacial score (nSPS) is 16.0. The van der Waals surface area contributed by atoms with Gasteiger partial charge in [-0.3, -0.25) is 4.79 Å². The number of rotatable bonds is 3. The first-order valence-corrected chi connectivity index (χ1v) is 5.80. The van der Waals surface area contributed by atoms with Crippen LogP contribution < -0.4 is 4.74 Å². The first kappa shape index (κ1) is 11.7. The Labute approximate surface area is 102 Å². The molecule has 0 saturated heterocycles. The molecule has 0 aromatic heterocycles. The van der Waals surface area contributed by atoms with Crippen LogP contribution in [0.1, 0.15) is 18.4 Å². The summed E-state index contributed by atoms with van der Waals surface area (Å²) in [7, 11) is 3.68. The van der Waals surface area contributed by atoms with Crippen LogP contribution in [0.25, 0.3) is 5.70 Å². The molecule has 0 bridgehead atoms. The second kappa shape index (κ2) is 5.04. The molecule has 2 rings (SSSR count). The van der Waals surface area contributed by atoms with Gasteiger partial charge in [0.2, 0.25) is 0 Å². The van der Waals surface area contributed by atoms with Crippen molar-refractivity contribution in [1.82, 2.24) is 4.90 Å². The van der Waals surface area contributed by atoms with Crippen LogP contribution in [0.4, 0.5) is 0 Å². The summed E-state index contributed by atoms with van der Waals surface area (Å²) in [6, 6.07) is 7.85. The Kier molecular flexibility index (Phi) is 3.47. The van der Waals surface area contributed by atoms with Gasteiger partial charge in [-0.2, -0.15) is 0 Å². The van der Waals surface area contributed by atoms with Gasteiger partial charge >= 0.3 is 0 Å². The van der Waals surface area contributed by atoms with Crippen molar-refractivity contribution >= 4 is 12.0 Å². The van der Waals surface area contributed by atoms with Crippen LogP contribution in [0.5, 0.6) is 5.75 Å². The monoisotopic (exact) mass is 231 g/mol. The molecule has 0 aliphatic carbocycles. The summed E-state index contributed by atoms with van der Waals surface area (Å²) in [5, 5.41) is 0. The highest BCUT2D eigenvalue weighted by Crippen LogP contribution is 2.29. The van der Waals surface area contributed by atoms with Crippen molar-refractivity contribution in [3.05, 3.63) is 35.4 Å². The van der Waals surface area contributed by atoms with Crippen molar-refractivity contribution in [1.29, 1.82) is 0 Å². The third-order valence-corrected chi connectivity index (χ3v) is 3.13. The molecule has 0 spiro atoms. The van der Waals surface area contributed by atoms with Gasteiger partial charge in [0, 0.05) is 19.2 Å². The van der Waals surface area contributed by atoms with Crippen LogP contribution in [0.15, 0.2) is 29.8 Å². The van der Waals surface area contributed by atoms with Crippen molar-refractivity contribution < 1.29 is 9.53 Å². The molecule has 1 aromatic carbocycles. The van der Waals surface area contributed by atoms with Crippen LogP contribution in [0, 0.1) is 0 Å². The van der Waals surface area contributed by atoms with Gasteiger partial charge in [0.1, 0.15) is 12.0 Å². The highest BCUT2D eigenvalue weighted by atomic mass is 16.5. The van der Waals surface area contributed by atoms with E-state index in [1.807, 2.05) is 31.3 Å². The summed E-state index contributed by atoms with van der Waals surface area (Å²) >= 11 is 0. The number of ether oxygens (including phenoxy) is 1. The first-order valence-electron chi connectivity index (χ1n) is 5.80. The van der Waals surface area contributed by atoms with Gasteiger partial charge in [-0.25, -0.2) is 0 Å². The zero-order chi connectivity index (χ0) is 12.3. The van der Waals surface area contributed by atoms with Crippen LogP contribution in [0.2, 0.25) is 0 Å². The molecule has 0 N–H and O–H groups in total. The van der Waals surface area contributed by atoms with Gasteiger partial charge in [-0.1, -0.05) is 0 Å². The van der Waals surface area contributed by atoms with E-state index in [0.29, 0.717) is 0 Å². The molecule has 90 valence electrons. The average Bonchev–Trinajstić information content (AvgIpc) is 2.38. The molecule has 3 heteroatoms. The lowest BCUT2D eigenvalue weighted by Gasteiger charge is -2.29. The molecule has 0 fully saturated rings. The highest BCUT2D eigenvalue weighted by Gasteiger charge is 2.18. The molecule has 0 unspecified atom stereocenters. The number of hydrogen-bond acceptors (Lipinski definition) is 3. The van der Waals surface area contributed by atoms with E-state index >= 15 is 0 Å². The lowest BCUT2D eigenvalue weighted by atomic mass is 9.98. The minimum atomic E-state index is 0.834. The summed E-state index contributed by atoms with van der Waals surface area (Å²) in [5.74, 6) is 0.834. The molecule has 17 heavy (non-hydrogen) atoms. The number of allylic oxidation sites excluding steroid dienone is 1. The molecular weight excluding hydrogens is 214 g/mol. The van der Waals surface area contributed by atoms with Crippen LogP contribution in [0.3, 0.4) is 0 Å². The zero-order valence-corrected chi connectivity index (χ0v) is 10.3. The van der Waals surface area contributed by atoms with Gasteiger partial charge in [-0.15, -0.1) is 0 Å². The number of benzene rings is 1. The average molecular weight is 231 g/mol. The van der Waals surface area contributed by atoms with Crippen molar-refractivity contribution in [2.75, 3.05) is 20.7 Å². The van der Waals surface area contributed by atoms with Crippen LogP contribution in [-0.4, -0.2) is 31.9 Å². The SMILES string of the molecule is COc1ccc(C2=C(C=O)CCCN2C)cc1. The molecule has 1 heterocycles. The van der Waals surface area contributed by atoms with Crippen molar-refractivity contribution in [3.8, 4) is 5.75 Å². The van der Waals surface area contributed by atoms with E-state index in [9.17, 15) is 4.79 Å². The Hall–Kier alpha value is -1.77. The topological polar surface area (TPSA) is 29.5 Å². The van der Waals surface area contributed by atoms with Crippen molar-refractivity contribution in [3.63, 3.8) is 0 Å². The predicted molar refractivity (Wildman–Crippen MR) is 67.8 cm³/mol. The van der Waals surface area contributed by atoms with Crippen molar-refractivity contribution in [2.45, 2.75) is 12.8 Å². The first-order chi connectivity index (χ1) is 8.26. The Morgan fingerprint density at radius 1 is 1.29 bits per heavy atom. The van der Waals surface area contributed by atoms with E-state index < -0.39 is 0 Å². The minimum absolute atomic E-state index is 0.834. The second-order valence-electron chi connectivity index (χ2n) is 4.25. The maximum Gasteiger partial charge on any atom is 0.148 e. The molecule has 3 nitrogen and oxygen atoms in total. The smallest absolute Gasteiger partial charge is 0.148 e.